The summed E-state index contributed by atoms with van der Waals surface area (Å²) in [6.07, 6.45) is 69.2. The van der Waals surface area contributed by atoms with Crippen molar-refractivity contribution in [2.75, 3.05) is 47.5 Å². The van der Waals surface area contributed by atoms with Crippen LogP contribution in [0.15, 0.2) is 134 Å². The molecule has 0 aliphatic carbocycles. The van der Waals surface area contributed by atoms with Gasteiger partial charge in [-0.15, -0.1) is 0 Å². The zero-order chi connectivity index (χ0) is 49.9. The Morgan fingerprint density at radius 2 is 0.794 bits per heavy atom. The molecule has 384 valence electrons. The molecular formula is C58H94NO8P. The van der Waals surface area contributed by atoms with E-state index in [1.165, 1.54) is 19.3 Å². The van der Waals surface area contributed by atoms with E-state index in [1.54, 1.807) is 0 Å². The number of carbonyl (C=O) groups excluding carboxylic acids is 2. The van der Waals surface area contributed by atoms with Crippen LogP contribution >= 0.6 is 7.82 Å². The van der Waals surface area contributed by atoms with Crippen LogP contribution in [0, 0.1) is 0 Å². The van der Waals surface area contributed by atoms with Crippen molar-refractivity contribution < 1.29 is 42.1 Å². The maximum absolute atomic E-state index is 12.7. The number of phosphoric acid groups is 1. The lowest BCUT2D eigenvalue weighted by molar-refractivity contribution is -0.870. The average molecular weight is 964 g/mol. The number of esters is 2. The summed E-state index contributed by atoms with van der Waals surface area (Å²) in [6, 6.07) is 0. The Bertz CT molecular complexity index is 1610. The van der Waals surface area contributed by atoms with E-state index in [9.17, 15) is 19.0 Å². The molecule has 2 atom stereocenters. The third-order valence-electron chi connectivity index (χ3n) is 10.2. The molecule has 9 nitrogen and oxygen atoms in total. The zero-order valence-electron chi connectivity index (χ0n) is 43.2. The molecule has 0 bridgehead atoms. The van der Waals surface area contributed by atoms with Crippen molar-refractivity contribution in [1.29, 1.82) is 0 Å². The largest absolute Gasteiger partial charge is 0.756 e. The number of likely N-dealkylation sites (N-methyl/N-ethyl adjacent to an activating group) is 1. The van der Waals surface area contributed by atoms with Crippen molar-refractivity contribution >= 4 is 19.8 Å². The van der Waals surface area contributed by atoms with Crippen LogP contribution in [0.3, 0.4) is 0 Å². The lowest BCUT2D eigenvalue weighted by Crippen LogP contribution is -2.37. The molecule has 0 rings (SSSR count). The molecule has 0 amide bonds. The molecule has 0 aromatic rings. The molecule has 10 heteroatoms. The Hall–Kier alpha value is -3.85. The van der Waals surface area contributed by atoms with Crippen molar-refractivity contribution in [3.05, 3.63) is 134 Å². The molecule has 0 saturated heterocycles. The van der Waals surface area contributed by atoms with E-state index in [0.29, 0.717) is 23.9 Å². The predicted molar refractivity (Wildman–Crippen MR) is 286 cm³/mol. The van der Waals surface area contributed by atoms with Crippen molar-refractivity contribution in [3.63, 3.8) is 0 Å². The summed E-state index contributed by atoms with van der Waals surface area (Å²) < 4.78 is 34.0. The van der Waals surface area contributed by atoms with Gasteiger partial charge in [0, 0.05) is 12.8 Å². The number of hydrogen-bond donors (Lipinski definition) is 0. The molecule has 0 saturated carbocycles. The minimum absolute atomic E-state index is 0.0497. The summed E-state index contributed by atoms with van der Waals surface area (Å²) in [6.45, 7) is 3.92. The topological polar surface area (TPSA) is 111 Å². The highest BCUT2D eigenvalue weighted by Gasteiger charge is 2.21. The number of quaternary nitrogens is 1. The number of allylic oxidation sites excluding steroid dienone is 22. The second kappa shape index (κ2) is 48.2. The minimum atomic E-state index is -4.66. The fourth-order valence-electron chi connectivity index (χ4n) is 6.21. The first-order valence-corrected chi connectivity index (χ1v) is 27.4. The van der Waals surface area contributed by atoms with Gasteiger partial charge in [-0.3, -0.25) is 14.2 Å². The smallest absolute Gasteiger partial charge is 0.306 e. The normalized spacial score (nSPS) is 14.5. The van der Waals surface area contributed by atoms with Crippen molar-refractivity contribution in [1.82, 2.24) is 0 Å². The molecule has 0 fully saturated rings. The zero-order valence-corrected chi connectivity index (χ0v) is 44.1. The van der Waals surface area contributed by atoms with Gasteiger partial charge < -0.3 is 27.9 Å². The van der Waals surface area contributed by atoms with Gasteiger partial charge in [0.2, 0.25) is 0 Å². The summed E-state index contributed by atoms with van der Waals surface area (Å²) in [7, 11) is 1.10. The fraction of sp³-hybridized carbons (Fsp3) is 0.586. The molecule has 2 unspecified atom stereocenters. The van der Waals surface area contributed by atoms with Crippen LogP contribution in [0.25, 0.3) is 0 Å². The average Bonchev–Trinajstić information content (AvgIpc) is 3.30. The highest BCUT2D eigenvalue weighted by molar-refractivity contribution is 7.45. The quantitative estimate of drug-likeness (QED) is 0.0195. The molecule has 0 spiro atoms. The van der Waals surface area contributed by atoms with E-state index in [2.05, 4.69) is 148 Å². The van der Waals surface area contributed by atoms with E-state index >= 15 is 0 Å². The van der Waals surface area contributed by atoms with Gasteiger partial charge in [-0.2, -0.15) is 0 Å². The maximum Gasteiger partial charge on any atom is 0.306 e. The van der Waals surface area contributed by atoms with Gasteiger partial charge in [0.15, 0.2) is 6.10 Å². The maximum atomic E-state index is 12.7. The lowest BCUT2D eigenvalue weighted by atomic mass is 10.1. The van der Waals surface area contributed by atoms with Crippen LogP contribution < -0.4 is 4.89 Å². The fourth-order valence-corrected chi connectivity index (χ4v) is 6.94. The number of ether oxygens (including phenoxy) is 2. The molecule has 0 aliphatic rings. The van der Waals surface area contributed by atoms with Crippen LogP contribution in [0.1, 0.15) is 168 Å². The minimum Gasteiger partial charge on any atom is -0.756 e. The number of phosphoric ester groups is 1. The van der Waals surface area contributed by atoms with Crippen LogP contribution in [0.2, 0.25) is 0 Å². The van der Waals surface area contributed by atoms with Gasteiger partial charge >= 0.3 is 11.9 Å². The van der Waals surface area contributed by atoms with Gasteiger partial charge in [-0.05, 0) is 109 Å². The Morgan fingerprint density at radius 3 is 1.21 bits per heavy atom. The molecule has 0 radical (unpaired) electrons. The van der Waals surface area contributed by atoms with Crippen LogP contribution in [0.5, 0.6) is 0 Å². The lowest BCUT2D eigenvalue weighted by Gasteiger charge is -2.28. The van der Waals surface area contributed by atoms with E-state index in [1.807, 2.05) is 21.1 Å². The van der Waals surface area contributed by atoms with Gasteiger partial charge in [0.05, 0.1) is 27.7 Å². The summed E-state index contributed by atoms with van der Waals surface area (Å²) in [4.78, 5) is 37.7. The molecule has 0 aromatic carbocycles. The molecule has 0 N–H and O–H groups in total. The van der Waals surface area contributed by atoms with Crippen molar-refractivity contribution in [2.45, 2.75) is 174 Å². The number of hydrogen-bond acceptors (Lipinski definition) is 8. The van der Waals surface area contributed by atoms with Gasteiger partial charge in [-0.25, -0.2) is 0 Å². The monoisotopic (exact) mass is 964 g/mol. The van der Waals surface area contributed by atoms with Crippen LogP contribution in [-0.2, 0) is 32.7 Å². The first-order valence-electron chi connectivity index (χ1n) is 25.9. The van der Waals surface area contributed by atoms with E-state index in [-0.39, 0.29) is 26.1 Å². The third kappa shape index (κ3) is 51.5. The van der Waals surface area contributed by atoms with E-state index in [4.69, 9.17) is 18.5 Å². The van der Waals surface area contributed by atoms with Crippen molar-refractivity contribution in [3.8, 4) is 0 Å². The second-order valence-electron chi connectivity index (χ2n) is 17.8. The number of unbranched alkanes of at least 4 members (excludes halogenated alkanes) is 9. The third-order valence-corrected chi connectivity index (χ3v) is 11.1. The number of rotatable bonds is 45. The Kier molecular flexibility index (Phi) is 45.5. The highest BCUT2D eigenvalue weighted by Crippen LogP contribution is 2.38. The van der Waals surface area contributed by atoms with Gasteiger partial charge in [0.25, 0.3) is 7.82 Å². The SMILES string of the molecule is CC/C=C\C/C=C\C/C=C\C/C=C\C/C=C\C/C=C\C/C=C\C/C=C\CCCCC(=O)OC(COC(=O)CCCCCCCCC/C=C\C/C=C\C/C=C\CC)COP(=O)([O-])OCC[N+](C)(C)C. The summed E-state index contributed by atoms with van der Waals surface area (Å²) >= 11 is 0. The molecular weight excluding hydrogens is 870 g/mol. The van der Waals surface area contributed by atoms with E-state index in [0.717, 1.165) is 109 Å². The summed E-state index contributed by atoms with van der Waals surface area (Å²) in [5.74, 6) is -0.910. The Balaban J connectivity index is 4.39. The second-order valence-corrected chi connectivity index (χ2v) is 19.2. The molecule has 0 aliphatic heterocycles. The first kappa shape index (κ1) is 64.2. The Labute approximate surface area is 415 Å². The number of carbonyl (C=O) groups is 2. The highest BCUT2D eigenvalue weighted by atomic mass is 31.2. The van der Waals surface area contributed by atoms with Crippen LogP contribution in [-0.4, -0.2) is 70.0 Å². The van der Waals surface area contributed by atoms with E-state index < -0.39 is 32.5 Å². The Morgan fingerprint density at radius 1 is 0.456 bits per heavy atom. The summed E-state index contributed by atoms with van der Waals surface area (Å²) in [5, 5.41) is 0. The van der Waals surface area contributed by atoms with Gasteiger partial charge in [-0.1, -0.05) is 180 Å². The number of nitrogens with zero attached hydrogens (tertiary/aromatic N) is 1. The first-order chi connectivity index (χ1) is 33.0. The molecule has 0 aromatic heterocycles. The standard InChI is InChI=1S/C58H94NO8P/c1-6-8-10-12-14-16-18-20-22-24-25-26-27-28-29-30-31-32-33-35-37-39-41-43-45-47-49-51-58(61)67-56(55-66-68(62,63)65-53-52-59(3,4)5)54-64-57(60)50-48-46-44-42-40-38-36-34-23-21-19-17-15-13-11-9-7-2/h8-11,14-17,20-23,25-26,28-29,31-32,35,37,41,43,56H,6-7,12-13,18-19,24,27,30,33-34,36,38-40,42,44-55H2,1-5H3/b10-8-,11-9-,16-14-,17-15-,22-20-,23-21-,26-25-,29-28-,32-31-,37-35-,43-41-. The van der Waals surface area contributed by atoms with Crippen molar-refractivity contribution in [2.24, 2.45) is 0 Å². The van der Waals surface area contributed by atoms with Gasteiger partial charge in [0.1, 0.15) is 19.8 Å². The predicted octanol–water partition coefficient (Wildman–Crippen LogP) is 15.2. The molecule has 0 heterocycles. The molecule has 68 heavy (non-hydrogen) atoms. The van der Waals surface area contributed by atoms with Crippen LogP contribution in [0.4, 0.5) is 0 Å². The summed E-state index contributed by atoms with van der Waals surface area (Å²) in [5.41, 5.74) is 0.